The van der Waals surface area contributed by atoms with E-state index in [9.17, 15) is 13.6 Å². The molecule has 0 bridgehead atoms. The van der Waals surface area contributed by atoms with Crippen LogP contribution in [0.1, 0.15) is 16.2 Å². The highest BCUT2D eigenvalue weighted by molar-refractivity contribution is 7.11. The second-order valence-electron chi connectivity index (χ2n) is 4.70. The Kier molecular flexibility index (Phi) is 3.68. The Morgan fingerprint density at radius 2 is 2.33 bits per heavy atom. The van der Waals surface area contributed by atoms with Gasteiger partial charge >= 0.3 is 0 Å². The standard InChI is InChI=1S/C12H16F2N2OS/c1-8-3-4-9(18-8)6-16(2)11(17)10-5-12(13,14)7-15-10/h3-4,10,15H,5-7H2,1-2H3. The summed E-state index contributed by atoms with van der Waals surface area (Å²) in [5.74, 6) is -3.03. The Balaban J connectivity index is 1.93. The number of carbonyl (C=O) groups is 1. The molecule has 3 nitrogen and oxygen atoms in total. The molecule has 1 aromatic rings. The minimum atomic E-state index is -2.76. The Hall–Kier alpha value is -1.01. The van der Waals surface area contributed by atoms with Gasteiger partial charge in [0, 0.05) is 23.2 Å². The number of thiophene rings is 1. The summed E-state index contributed by atoms with van der Waals surface area (Å²) < 4.78 is 26.0. The molecular formula is C12H16F2N2OS. The number of nitrogens with one attached hydrogen (secondary N) is 1. The fourth-order valence-corrected chi connectivity index (χ4v) is 2.98. The van der Waals surface area contributed by atoms with Crippen molar-refractivity contribution in [2.24, 2.45) is 0 Å². The maximum atomic E-state index is 13.0. The van der Waals surface area contributed by atoms with E-state index in [1.807, 2.05) is 19.1 Å². The first-order valence-corrected chi connectivity index (χ1v) is 6.60. The van der Waals surface area contributed by atoms with Crippen LogP contribution in [-0.4, -0.2) is 36.4 Å². The molecule has 2 heterocycles. The van der Waals surface area contributed by atoms with Crippen molar-refractivity contribution in [1.29, 1.82) is 0 Å². The van der Waals surface area contributed by atoms with Crippen LogP contribution in [0.2, 0.25) is 0 Å². The number of hydrogen-bond donors (Lipinski definition) is 1. The normalized spacial score (nSPS) is 22.1. The van der Waals surface area contributed by atoms with Gasteiger partial charge in [0.15, 0.2) is 0 Å². The van der Waals surface area contributed by atoms with Gasteiger partial charge in [0.2, 0.25) is 5.91 Å². The van der Waals surface area contributed by atoms with Gasteiger partial charge in [-0.15, -0.1) is 11.3 Å². The first-order valence-electron chi connectivity index (χ1n) is 5.79. The first kappa shape index (κ1) is 13.4. The molecule has 0 spiro atoms. The van der Waals surface area contributed by atoms with Gasteiger partial charge in [-0.3, -0.25) is 10.1 Å². The van der Waals surface area contributed by atoms with Gasteiger partial charge < -0.3 is 4.90 Å². The lowest BCUT2D eigenvalue weighted by molar-refractivity contribution is -0.132. The molecule has 1 atom stereocenters. The van der Waals surface area contributed by atoms with E-state index in [1.165, 1.54) is 9.78 Å². The molecule has 0 saturated carbocycles. The SMILES string of the molecule is Cc1ccc(CN(C)C(=O)C2CC(F)(F)CN2)s1. The third kappa shape index (κ3) is 3.05. The molecular weight excluding hydrogens is 258 g/mol. The van der Waals surface area contributed by atoms with Crippen molar-refractivity contribution in [2.75, 3.05) is 13.6 Å². The molecule has 1 N–H and O–H groups in total. The summed E-state index contributed by atoms with van der Waals surface area (Å²) in [6.45, 7) is 2.06. The summed E-state index contributed by atoms with van der Waals surface area (Å²) in [6, 6.07) is 3.19. The number of halogens is 2. The van der Waals surface area contributed by atoms with Gasteiger partial charge in [-0.05, 0) is 19.1 Å². The second kappa shape index (κ2) is 4.93. The van der Waals surface area contributed by atoms with Gasteiger partial charge in [0.05, 0.1) is 19.1 Å². The van der Waals surface area contributed by atoms with Crippen molar-refractivity contribution in [3.8, 4) is 0 Å². The zero-order chi connectivity index (χ0) is 13.3. The third-order valence-electron chi connectivity index (χ3n) is 2.97. The van der Waals surface area contributed by atoms with Crippen molar-refractivity contribution < 1.29 is 13.6 Å². The second-order valence-corrected chi connectivity index (χ2v) is 6.07. The molecule has 0 aromatic carbocycles. The number of likely N-dealkylation sites (N-methyl/N-ethyl adjacent to an activating group) is 1. The quantitative estimate of drug-likeness (QED) is 0.914. The molecule has 1 fully saturated rings. The molecule has 1 unspecified atom stereocenters. The summed E-state index contributed by atoms with van der Waals surface area (Å²) in [5, 5.41) is 2.58. The average Bonchev–Trinajstić information content (AvgIpc) is 2.83. The molecule has 1 aliphatic heterocycles. The molecule has 1 aromatic heterocycles. The topological polar surface area (TPSA) is 32.3 Å². The highest BCUT2D eigenvalue weighted by Crippen LogP contribution is 2.26. The monoisotopic (exact) mass is 274 g/mol. The van der Waals surface area contributed by atoms with Crippen molar-refractivity contribution in [1.82, 2.24) is 10.2 Å². The zero-order valence-corrected chi connectivity index (χ0v) is 11.2. The number of nitrogens with zero attached hydrogens (tertiary/aromatic N) is 1. The lowest BCUT2D eigenvalue weighted by atomic mass is 10.1. The summed E-state index contributed by atoms with van der Waals surface area (Å²) >= 11 is 1.61. The van der Waals surface area contributed by atoms with Crippen LogP contribution in [0.4, 0.5) is 8.78 Å². The van der Waals surface area contributed by atoms with Crippen LogP contribution in [0.5, 0.6) is 0 Å². The summed E-state index contributed by atoms with van der Waals surface area (Å²) in [7, 11) is 1.65. The van der Waals surface area contributed by atoms with Crippen LogP contribution >= 0.6 is 11.3 Å². The molecule has 1 aliphatic rings. The zero-order valence-electron chi connectivity index (χ0n) is 10.4. The number of amides is 1. The predicted octanol–water partition coefficient (Wildman–Crippen LogP) is 2.01. The van der Waals surface area contributed by atoms with Gasteiger partial charge in [0.1, 0.15) is 0 Å². The van der Waals surface area contributed by atoms with Crippen LogP contribution in [0, 0.1) is 6.92 Å². The molecule has 0 aliphatic carbocycles. The minimum Gasteiger partial charge on any atom is -0.339 e. The molecule has 6 heteroatoms. The number of alkyl halides is 2. The minimum absolute atomic E-state index is 0.266. The Bertz CT molecular complexity index is 447. The largest absolute Gasteiger partial charge is 0.339 e. The molecule has 0 radical (unpaired) electrons. The van der Waals surface area contributed by atoms with Gasteiger partial charge in [-0.1, -0.05) is 0 Å². The number of rotatable bonds is 3. The molecule has 18 heavy (non-hydrogen) atoms. The van der Waals surface area contributed by atoms with E-state index >= 15 is 0 Å². The Labute approximate surface area is 109 Å². The van der Waals surface area contributed by atoms with E-state index in [4.69, 9.17) is 0 Å². The first-order chi connectivity index (χ1) is 8.37. The van der Waals surface area contributed by atoms with Gasteiger partial charge in [-0.25, -0.2) is 8.78 Å². The van der Waals surface area contributed by atoms with Crippen molar-refractivity contribution >= 4 is 17.2 Å². The Morgan fingerprint density at radius 3 is 2.83 bits per heavy atom. The van der Waals surface area contributed by atoms with E-state index in [0.29, 0.717) is 6.54 Å². The summed E-state index contributed by atoms with van der Waals surface area (Å²) in [6.07, 6.45) is -0.403. The van der Waals surface area contributed by atoms with E-state index in [-0.39, 0.29) is 5.91 Å². The molecule has 1 saturated heterocycles. The Morgan fingerprint density at radius 1 is 1.61 bits per heavy atom. The van der Waals surface area contributed by atoms with E-state index < -0.39 is 24.9 Å². The van der Waals surface area contributed by atoms with Crippen LogP contribution in [0.3, 0.4) is 0 Å². The van der Waals surface area contributed by atoms with Gasteiger partial charge in [0.25, 0.3) is 5.92 Å². The van der Waals surface area contributed by atoms with Crippen LogP contribution in [0.25, 0.3) is 0 Å². The van der Waals surface area contributed by atoms with Crippen LogP contribution in [-0.2, 0) is 11.3 Å². The lowest BCUT2D eigenvalue weighted by Gasteiger charge is -2.20. The van der Waals surface area contributed by atoms with E-state index in [1.54, 1.807) is 18.4 Å². The highest BCUT2D eigenvalue weighted by Gasteiger charge is 2.43. The van der Waals surface area contributed by atoms with Crippen LogP contribution in [0.15, 0.2) is 12.1 Å². The van der Waals surface area contributed by atoms with Gasteiger partial charge in [-0.2, -0.15) is 0 Å². The summed E-state index contributed by atoms with van der Waals surface area (Å²) in [5.41, 5.74) is 0. The number of carbonyl (C=O) groups excluding carboxylic acids is 1. The molecule has 100 valence electrons. The average molecular weight is 274 g/mol. The van der Waals surface area contributed by atoms with E-state index in [2.05, 4.69) is 5.32 Å². The number of aryl methyl sites for hydroxylation is 1. The fourth-order valence-electron chi connectivity index (χ4n) is 2.04. The third-order valence-corrected chi connectivity index (χ3v) is 3.96. The summed E-state index contributed by atoms with van der Waals surface area (Å²) in [4.78, 5) is 15.7. The lowest BCUT2D eigenvalue weighted by Crippen LogP contribution is -2.41. The van der Waals surface area contributed by atoms with E-state index in [0.717, 1.165) is 4.88 Å². The molecule has 2 rings (SSSR count). The van der Waals surface area contributed by atoms with Crippen molar-refractivity contribution in [3.05, 3.63) is 21.9 Å². The predicted molar refractivity (Wildman–Crippen MR) is 66.9 cm³/mol. The maximum Gasteiger partial charge on any atom is 0.262 e. The van der Waals surface area contributed by atoms with Crippen molar-refractivity contribution in [2.45, 2.75) is 31.9 Å². The number of hydrogen-bond acceptors (Lipinski definition) is 3. The smallest absolute Gasteiger partial charge is 0.262 e. The van der Waals surface area contributed by atoms with Crippen LogP contribution < -0.4 is 5.32 Å². The van der Waals surface area contributed by atoms with Crippen molar-refractivity contribution in [3.63, 3.8) is 0 Å². The highest BCUT2D eigenvalue weighted by atomic mass is 32.1. The fraction of sp³-hybridized carbons (Fsp3) is 0.583. The molecule has 1 amide bonds. The maximum absolute atomic E-state index is 13.0.